The van der Waals surface area contributed by atoms with Gasteiger partial charge in [-0.15, -0.1) is 0 Å². The Bertz CT molecular complexity index is 418. The summed E-state index contributed by atoms with van der Waals surface area (Å²) in [6.45, 7) is 6.96. The van der Waals surface area contributed by atoms with Crippen molar-refractivity contribution >= 4 is 5.91 Å². The molecule has 2 saturated heterocycles. The summed E-state index contributed by atoms with van der Waals surface area (Å²) in [7, 11) is 0. The fourth-order valence-electron chi connectivity index (χ4n) is 2.81. The summed E-state index contributed by atoms with van der Waals surface area (Å²) >= 11 is 0. The fraction of sp³-hybridized carbons (Fsp3) is 0.750. The summed E-state index contributed by atoms with van der Waals surface area (Å²) in [6, 6.07) is 2.02. The van der Waals surface area contributed by atoms with Gasteiger partial charge in [-0.1, -0.05) is 0 Å². The van der Waals surface area contributed by atoms with Crippen LogP contribution < -0.4 is 5.32 Å². The molecule has 122 valence electrons. The predicted molar refractivity (Wildman–Crippen MR) is 84.0 cm³/mol. The van der Waals surface area contributed by atoms with Crippen molar-refractivity contribution in [2.75, 3.05) is 52.5 Å². The lowest BCUT2D eigenvalue weighted by Crippen LogP contribution is -2.37. The summed E-state index contributed by atoms with van der Waals surface area (Å²) in [5, 5.41) is 12.3. The van der Waals surface area contributed by atoms with Crippen LogP contribution in [0.5, 0.6) is 0 Å². The van der Waals surface area contributed by atoms with Crippen molar-refractivity contribution in [3.8, 4) is 6.07 Å². The van der Waals surface area contributed by atoms with Crippen LogP contribution in [0.4, 0.5) is 0 Å². The zero-order valence-corrected chi connectivity index (χ0v) is 13.2. The molecule has 0 saturated carbocycles. The van der Waals surface area contributed by atoms with Crippen molar-refractivity contribution in [1.82, 2.24) is 15.1 Å². The number of likely N-dealkylation sites (tertiary alicyclic amines) is 1. The zero-order valence-electron chi connectivity index (χ0n) is 13.2. The van der Waals surface area contributed by atoms with E-state index in [1.807, 2.05) is 6.07 Å². The Balaban J connectivity index is 1.68. The number of carbonyl (C=O) groups excluding carboxylic acids is 1. The van der Waals surface area contributed by atoms with Gasteiger partial charge in [0.05, 0.1) is 13.2 Å². The summed E-state index contributed by atoms with van der Waals surface area (Å²) in [5.41, 5.74) is 0.216. The number of nitrogens with one attached hydrogen (secondary N) is 1. The minimum Gasteiger partial charge on any atom is -0.390 e. The molecule has 0 aliphatic carbocycles. The number of ether oxygens (including phenoxy) is 1. The first-order valence-corrected chi connectivity index (χ1v) is 8.24. The van der Waals surface area contributed by atoms with Gasteiger partial charge >= 0.3 is 0 Å². The number of amides is 1. The van der Waals surface area contributed by atoms with E-state index in [2.05, 4.69) is 10.2 Å². The first kappa shape index (κ1) is 16.8. The Morgan fingerprint density at radius 2 is 1.91 bits per heavy atom. The smallest absolute Gasteiger partial charge is 0.265 e. The van der Waals surface area contributed by atoms with Gasteiger partial charge in [-0.3, -0.25) is 9.69 Å². The molecule has 0 bridgehead atoms. The maximum Gasteiger partial charge on any atom is 0.265 e. The standard InChI is InChI=1S/C16H26N4O2/c17-13-15(16(21)20-7-2-1-3-8-20)14-18-5-4-6-19-9-11-22-12-10-19/h14,18H,1-12H2/b15-14-. The monoisotopic (exact) mass is 306 g/mol. The number of rotatable bonds is 6. The first-order chi connectivity index (χ1) is 10.8. The quantitative estimate of drug-likeness (QED) is 0.445. The van der Waals surface area contributed by atoms with Crippen LogP contribution in [0.1, 0.15) is 25.7 Å². The van der Waals surface area contributed by atoms with Crippen LogP contribution in [0.2, 0.25) is 0 Å². The molecular weight excluding hydrogens is 280 g/mol. The van der Waals surface area contributed by atoms with Crippen molar-refractivity contribution in [2.24, 2.45) is 0 Å². The lowest BCUT2D eigenvalue weighted by atomic mass is 10.1. The second-order valence-corrected chi connectivity index (χ2v) is 5.78. The van der Waals surface area contributed by atoms with Gasteiger partial charge in [-0.25, -0.2) is 0 Å². The molecule has 6 nitrogen and oxygen atoms in total. The highest BCUT2D eigenvalue weighted by Crippen LogP contribution is 2.11. The summed E-state index contributed by atoms with van der Waals surface area (Å²) in [4.78, 5) is 16.4. The third kappa shape index (κ3) is 5.32. The lowest BCUT2D eigenvalue weighted by Gasteiger charge is -2.26. The Kier molecular flexibility index (Phi) is 7.20. The molecule has 2 fully saturated rings. The Morgan fingerprint density at radius 1 is 1.18 bits per heavy atom. The second-order valence-electron chi connectivity index (χ2n) is 5.78. The van der Waals surface area contributed by atoms with Crippen molar-refractivity contribution < 1.29 is 9.53 Å². The Morgan fingerprint density at radius 3 is 2.59 bits per heavy atom. The zero-order chi connectivity index (χ0) is 15.6. The molecule has 6 heteroatoms. The van der Waals surface area contributed by atoms with Crippen molar-refractivity contribution in [2.45, 2.75) is 25.7 Å². The Hall–Kier alpha value is -1.58. The highest BCUT2D eigenvalue weighted by molar-refractivity contribution is 5.97. The number of carbonyl (C=O) groups is 1. The number of piperidine rings is 1. The number of nitrogens with zero attached hydrogens (tertiary/aromatic N) is 3. The molecule has 0 spiro atoms. The molecule has 2 aliphatic rings. The fourth-order valence-corrected chi connectivity index (χ4v) is 2.81. The van der Waals surface area contributed by atoms with Crippen LogP contribution in [0.25, 0.3) is 0 Å². The summed E-state index contributed by atoms with van der Waals surface area (Å²) < 4.78 is 5.31. The van der Waals surface area contributed by atoms with Crippen LogP contribution in [-0.2, 0) is 9.53 Å². The van der Waals surface area contributed by atoms with Gasteiger partial charge in [0.1, 0.15) is 11.6 Å². The summed E-state index contributed by atoms with van der Waals surface area (Å²) in [6.07, 6.45) is 5.83. The van der Waals surface area contributed by atoms with E-state index in [4.69, 9.17) is 10.00 Å². The third-order valence-electron chi connectivity index (χ3n) is 4.14. The molecule has 0 aromatic heterocycles. The molecule has 1 amide bonds. The SMILES string of the molecule is N#C/C(=C/NCCCN1CCOCC1)C(=O)N1CCCCC1. The number of morpholine rings is 1. The van der Waals surface area contributed by atoms with Crippen LogP contribution >= 0.6 is 0 Å². The van der Waals surface area contributed by atoms with Gasteiger partial charge in [0.25, 0.3) is 5.91 Å². The molecule has 0 unspecified atom stereocenters. The lowest BCUT2D eigenvalue weighted by molar-refractivity contribution is -0.127. The topological polar surface area (TPSA) is 68.6 Å². The average molecular weight is 306 g/mol. The van der Waals surface area contributed by atoms with E-state index in [0.717, 1.165) is 71.7 Å². The molecule has 2 heterocycles. The van der Waals surface area contributed by atoms with Crippen LogP contribution in [0, 0.1) is 11.3 Å². The molecule has 22 heavy (non-hydrogen) atoms. The minimum atomic E-state index is -0.136. The van der Waals surface area contributed by atoms with E-state index in [1.165, 1.54) is 6.42 Å². The Labute approximate surface area is 132 Å². The number of hydrogen-bond donors (Lipinski definition) is 1. The van der Waals surface area contributed by atoms with Crippen molar-refractivity contribution in [3.63, 3.8) is 0 Å². The summed E-state index contributed by atoms with van der Waals surface area (Å²) in [5.74, 6) is -0.136. The van der Waals surface area contributed by atoms with E-state index >= 15 is 0 Å². The van der Waals surface area contributed by atoms with Gasteiger partial charge in [0.2, 0.25) is 0 Å². The first-order valence-electron chi connectivity index (χ1n) is 8.24. The number of hydrogen-bond acceptors (Lipinski definition) is 5. The maximum atomic E-state index is 12.2. The van der Waals surface area contributed by atoms with E-state index in [9.17, 15) is 4.79 Å². The molecular formula is C16H26N4O2. The van der Waals surface area contributed by atoms with Gasteiger partial charge in [0, 0.05) is 38.9 Å². The third-order valence-corrected chi connectivity index (χ3v) is 4.14. The maximum absolute atomic E-state index is 12.2. The van der Waals surface area contributed by atoms with E-state index < -0.39 is 0 Å². The van der Waals surface area contributed by atoms with Crippen LogP contribution in [0.15, 0.2) is 11.8 Å². The van der Waals surface area contributed by atoms with E-state index in [1.54, 1.807) is 11.1 Å². The molecule has 0 radical (unpaired) electrons. The van der Waals surface area contributed by atoms with Gasteiger partial charge in [-0.2, -0.15) is 5.26 Å². The van der Waals surface area contributed by atoms with Crippen molar-refractivity contribution in [1.29, 1.82) is 5.26 Å². The highest BCUT2D eigenvalue weighted by atomic mass is 16.5. The normalized spacial score (nSPS) is 20.5. The molecule has 2 aliphatic heterocycles. The van der Waals surface area contributed by atoms with Gasteiger partial charge in [0.15, 0.2) is 0 Å². The second kappa shape index (κ2) is 9.44. The minimum absolute atomic E-state index is 0.136. The molecule has 0 atom stereocenters. The van der Waals surface area contributed by atoms with E-state index in [0.29, 0.717) is 0 Å². The molecule has 2 rings (SSSR count). The molecule has 1 N–H and O–H groups in total. The molecule has 0 aromatic carbocycles. The van der Waals surface area contributed by atoms with E-state index in [-0.39, 0.29) is 11.5 Å². The largest absolute Gasteiger partial charge is 0.390 e. The van der Waals surface area contributed by atoms with Crippen LogP contribution in [-0.4, -0.2) is 68.2 Å². The number of nitriles is 1. The molecule has 0 aromatic rings. The van der Waals surface area contributed by atoms with Gasteiger partial charge < -0.3 is 15.0 Å². The predicted octanol–water partition coefficient (Wildman–Crippen LogP) is 0.718. The average Bonchev–Trinajstić information content (AvgIpc) is 2.59. The van der Waals surface area contributed by atoms with Crippen LogP contribution in [0.3, 0.4) is 0 Å². The highest BCUT2D eigenvalue weighted by Gasteiger charge is 2.20. The van der Waals surface area contributed by atoms with Crippen molar-refractivity contribution in [3.05, 3.63) is 11.8 Å². The van der Waals surface area contributed by atoms with Gasteiger partial charge in [-0.05, 0) is 32.2 Å².